The lowest BCUT2D eigenvalue weighted by molar-refractivity contribution is -0.274. The van der Waals surface area contributed by atoms with Gasteiger partial charge in [0.2, 0.25) is 11.8 Å². The number of nitrogens with one attached hydrogen (secondary N) is 1. The van der Waals surface area contributed by atoms with E-state index in [1.165, 1.54) is 12.1 Å². The van der Waals surface area contributed by atoms with Crippen LogP contribution in [0.15, 0.2) is 24.3 Å². The summed E-state index contributed by atoms with van der Waals surface area (Å²) in [6.45, 7) is 4.22. The minimum absolute atomic E-state index is 0.196. The monoisotopic (exact) mass is 385 g/mol. The number of carbonyl (C=O) groups is 2. The minimum Gasteiger partial charge on any atom is -0.406 e. The Labute approximate surface area is 155 Å². The number of rotatable bonds is 5. The third kappa shape index (κ3) is 5.35. The van der Waals surface area contributed by atoms with E-state index in [1.807, 2.05) is 9.80 Å². The summed E-state index contributed by atoms with van der Waals surface area (Å²) in [5.41, 5.74) is 0.393. The Morgan fingerprint density at radius 3 is 2.22 bits per heavy atom. The van der Waals surface area contributed by atoms with Crippen molar-refractivity contribution in [3.05, 3.63) is 24.3 Å². The van der Waals surface area contributed by atoms with Crippen molar-refractivity contribution in [1.29, 1.82) is 0 Å². The van der Waals surface area contributed by atoms with E-state index in [1.54, 1.807) is 6.92 Å². The van der Waals surface area contributed by atoms with Gasteiger partial charge in [-0.15, -0.1) is 13.2 Å². The molecule has 0 unspecified atom stereocenters. The minimum atomic E-state index is -4.75. The van der Waals surface area contributed by atoms with Crippen LogP contribution in [0.5, 0.6) is 5.75 Å². The summed E-state index contributed by atoms with van der Waals surface area (Å²) in [5.74, 6) is -0.180. The summed E-state index contributed by atoms with van der Waals surface area (Å²) < 4.78 is 40.3. The normalized spacial score (nSPS) is 19.5. The fourth-order valence-electron chi connectivity index (χ4n) is 3.07. The van der Waals surface area contributed by atoms with Crippen LogP contribution in [-0.4, -0.2) is 60.2 Å². The lowest BCUT2D eigenvalue weighted by Crippen LogP contribution is -2.54. The molecule has 0 spiro atoms. The summed E-state index contributed by atoms with van der Waals surface area (Å²) in [6, 6.07) is 4.61. The van der Waals surface area contributed by atoms with Gasteiger partial charge in [-0.1, -0.05) is 0 Å². The van der Waals surface area contributed by atoms with Crippen LogP contribution in [0.4, 0.5) is 18.9 Å². The molecule has 9 heteroatoms. The molecular weight excluding hydrogens is 363 g/mol. The molecule has 0 bridgehead atoms. The maximum atomic E-state index is 12.4. The van der Waals surface area contributed by atoms with Gasteiger partial charge in [0.15, 0.2) is 0 Å². The van der Waals surface area contributed by atoms with Gasteiger partial charge in [0, 0.05) is 37.8 Å². The Balaban J connectivity index is 1.48. The molecular formula is C18H22F3N3O3. The number of anilines is 1. The molecule has 6 nitrogen and oxygen atoms in total. The highest BCUT2D eigenvalue weighted by Crippen LogP contribution is 2.31. The van der Waals surface area contributed by atoms with E-state index >= 15 is 0 Å². The van der Waals surface area contributed by atoms with Crippen LogP contribution < -0.4 is 10.1 Å². The standard InChI is InChI=1S/C18H22F3N3O3/c1-12(23-8-10-24(11-9-23)17(26)13-2-3-13)16(25)22-14-4-6-15(7-5-14)27-18(19,20)21/h4-7,12-13H,2-3,8-11H2,1H3,(H,22,25)/t12-/m1/s1. The first kappa shape index (κ1) is 19.5. The predicted octanol–water partition coefficient (Wildman–Crippen LogP) is 2.47. The van der Waals surface area contributed by atoms with E-state index in [0.717, 1.165) is 25.0 Å². The topological polar surface area (TPSA) is 61.9 Å². The summed E-state index contributed by atoms with van der Waals surface area (Å²) in [4.78, 5) is 28.3. The Morgan fingerprint density at radius 2 is 1.70 bits per heavy atom. The van der Waals surface area contributed by atoms with Gasteiger partial charge < -0.3 is 15.0 Å². The van der Waals surface area contributed by atoms with Crippen LogP contribution in [-0.2, 0) is 9.59 Å². The Kier molecular flexibility index (Phi) is 5.59. The third-order valence-corrected chi connectivity index (χ3v) is 4.84. The first-order valence-corrected chi connectivity index (χ1v) is 8.92. The molecule has 2 aliphatic rings. The molecule has 1 aliphatic carbocycles. The van der Waals surface area contributed by atoms with Crippen LogP contribution in [0.1, 0.15) is 19.8 Å². The molecule has 27 heavy (non-hydrogen) atoms. The molecule has 2 fully saturated rings. The smallest absolute Gasteiger partial charge is 0.406 e. The fourth-order valence-corrected chi connectivity index (χ4v) is 3.07. The number of carbonyl (C=O) groups excluding carboxylic acids is 2. The lowest BCUT2D eigenvalue weighted by Gasteiger charge is -2.37. The fraction of sp³-hybridized carbons (Fsp3) is 0.556. The number of hydrogen-bond donors (Lipinski definition) is 1. The molecule has 1 aromatic carbocycles. The van der Waals surface area contributed by atoms with Crippen molar-refractivity contribution < 1.29 is 27.5 Å². The molecule has 2 amide bonds. The van der Waals surface area contributed by atoms with Gasteiger partial charge in [0.05, 0.1) is 6.04 Å². The van der Waals surface area contributed by atoms with Gasteiger partial charge in [-0.2, -0.15) is 0 Å². The van der Waals surface area contributed by atoms with Crippen molar-refractivity contribution in [2.45, 2.75) is 32.2 Å². The Bertz CT molecular complexity index is 681. The van der Waals surface area contributed by atoms with Gasteiger partial charge in [0.1, 0.15) is 5.75 Å². The first-order valence-electron chi connectivity index (χ1n) is 8.92. The van der Waals surface area contributed by atoms with Crippen molar-refractivity contribution in [3.63, 3.8) is 0 Å². The van der Waals surface area contributed by atoms with Crippen molar-refractivity contribution in [1.82, 2.24) is 9.80 Å². The summed E-state index contributed by atoms with van der Waals surface area (Å²) >= 11 is 0. The lowest BCUT2D eigenvalue weighted by atomic mass is 10.2. The van der Waals surface area contributed by atoms with Crippen molar-refractivity contribution in [3.8, 4) is 5.75 Å². The van der Waals surface area contributed by atoms with E-state index < -0.39 is 12.4 Å². The van der Waals surface area contributed by atoms with Crippen LogP contribution in [0.2, 0.25) is 0 Å². The van der Waals surface area contributed by atoms with Crippen LogP contribution in [0, 0.1) is 5.92 Å². The Hall–Kier alpha value is -2.29. The third-order valence-electron chi connectivity index (χ3n) is 4.84. The van der Waals surface area contributed by atoms with E-state index in [9.17, 15) is 22.8 Å². The van der Waals surface area contributed by atoms with E-state index in [4.69, 9.17) is 0 Å². The maximum absolute atomic E-state index is 12.4. The molecule has 0 radical (unpaired) electrons. The molecule has 148 valence electrons. The number of nitrogens with zero attached hydrogens (tertiary/aromatic N) is 2. The second-order valence-corrected chi connectivity index (χ2v) is 6.87. The molecule has 1 heterocycles. The number of hydrogen-bond acceptors (Lipinski definition) is 4. The van der Waals surface area contributed by atoms with E-state index in [-0.39, 0.29) is 23.5 Å². The number of piperazine rings is 1. The zero-order valence-corrected chi connectivity index (χ0v) is 15.0. The zero-order valence-electron chi connectivity index (χ0n) is 15.0. The summed E-state index contributed by atoms with van der Waals surface area (Å²) in [5, 5.41) is 2.69. The van der Waals surface area contributed by atoms with Gasteiger partial charge in [-0.05, 0) is 44.0 Å². The number of halogens is 3. The molecule has 1 aliphatic heterocycles. The van der Waals surface area contributed by atoms with E-state index in [2.05, 4.69) is 10.1 Å². The molecule has 1 aromatic rings. The molecule has 1 saturated heterocycles. The van der Waals surface area contributed by atoms with Crippen molar-refractivity contribution >= 4 is 17.5 Å². The quantitative estimate of drug-likeness (QED) is 0.846. The molecule has 0 aromatic heterocycles. The largest absolute Gasteiger partial charge is 0.573 e. The number of alkyl halides is 3. The van der Waals surface area contributed by atoms with Gasteiger partial charge in [-0.25, -0.2) is 0 Å². The maximum Gasteiger partial charge on any atom is 0.573 e. The second-order valence-electron chi connectivity index (χ2n) is 6.87. The highest BCUT2D eigenvalue weighted by molar-refractivity contribution is 5.94. The average molecular weight is 385 g/mol. The summed E-state index contributed by atoms with van der Waals surface area (Å²) in [6.07, 6.45) is -2.79. The average Bonchev–Trinajstić information content (AvgIpc) is 3.46. The highest BCUT2D eigenvalue weighted by atomic mass is 19.4. The van der Waals surface area contributed by atoms with Crippen LogP contribution >= 0.6 is 0 Å². The van der Waals surface area contributed by atoms with Crippen molar-refractivity contribution in [2.75, 3.05) is 31.5 Å². The number of amides is 2. The van der Waals surface area contributed by atoms with Crippen LogP contribution in [0.25, 0.3) is 0 Å². The number of ether oxygens (including phenoxy) is 1. The van der Waals surface area contributed by atoms with E-state index in [0.29, 0.717) is 31.9 Å². The first-order chi connectivity index (χ1) is 12.7. The zero-order chi connectivity index (χ0) is 19.6. The van der Waals surface area contributed by atoms with Crippen LogP contribution in [0.3, 0.4) is 0 Å². The van der Waals surface area contributed by atoms with Gasteiger partial charge in [-0.3, -0.25) is 14.5 Å². The molecule has 1 atom stereocenters. The molecule has 3 rings (SSSR count). The second kappa shape index (κ2) is 7.75. The Morgan fingerprint density at radius 1 is 1.11 bits per heavy atom. The van der Waals surface area contributed by atoms with Gasteiger partial charge in [0.25, 0.3) is 0 Å². The molecule has 1 saturated carbocycles. The SMILES string of the molecule is C[C@H](C(=O)Nc1ccc(OC(F)(F)F)cc1)N1CCN(C(=O)C2CC2)CC1. The molecule has 1 N–H and O–H groups in total. The highest BCUT2D eigenvalue weighted by Gasteiger charge is 2.35. The number of benzene rings is 1. The predicted molar refractivity (Wildman–Crippen MR) is 92.1 cm³/mol. The van der Waals surface area contributed by atoms with Crippen molar-refractivity contribution in [2.24, 2.45) is 5.92 Å². The summed E-state index contributed by atoms with van der Waals surface area (Å²) in [7, 11) is 0. The van der Waals surface area contributed by atoms with Gasteiger partial charge >= 0.3 is 6.36 Å².